The molecule has 0 spiro atoms. The lowest BCUT2D eigenvalue weighted by molar-refractivity contribution is 0.104. The fraction of sp³-hybridized carbons (Fsp3) is 0.130. The number of aromatic nitrogens is 1. The molecule has 1 aromatic heterocycles. The van der Waals surface area contributed by atoms with Gasteiger partial charge in [0, 0.05) is 23.9 Å². The predicted molar refractivity (Wildman–Crippen MR) is 107 cm³/mol. The Kier molecular flexibility index (Phi) is 5.72. The lowest BCUT2D eigenvalue weighted by Crippen LogP contribution is -2.11. The van der Waals surface area contributed by atoms with Crippen LogP contribution in [0.2, 0.25) is 0 Å². The fourth-order valence-corrected chi connectivity index (χ4v) is 2.75. The van der Waals surface area contributed by atoms with Gasteiger partial charge in [0.2, 0.25) is 0 Å². The zero-order valence-corrected chi connectivity index (χ0v) is 15.1. The SMILES string of the molecule is CN(C)Cc1cccc(C(=O)C=Cc2ccc(-c3ccccn3)cc2)c1. The van der Waals surface area contributed by atoms with Crippen molar-refractivity contribution in [2.45, 2.75) is 6.54 Å². The van der Waals surface area contributed by atoms with Gasteiger partial charge in [-0.1, -0.05) is 54.6 Å². The van der Waals surface area contributed by atoms with Crippen molar-refractivity contribution in [1.82, 2.24) is 9.88 Å². The van der Waals surface area contributed by atoms with Crippen LogP contribution in [0.5, 0.6) is 0 Å². The largest absolute Gasteiger partial charge is 0.305 e. The maximum absolute atomic E-state index is 12.4. The van der Waals surface area contributed by atoms with Gasteiger partial charge in [-0.15, -0.1) is 0 Å². The van der Waals surface area contributed by atoms with Crippen LogP contribution >= 0.6 is 0 Å². The van der Waals surface area contributed by atoms with Crippen LogP contribution in [0.25, 0.3) is 17.3 Å². The number of pyridine rings is 1. The van der Waals surface area contributed by atoms with Crippen LogP contribution in [0.4, 0.5) is 0 Å². The van der Waals surface area contributed by atoms with E-state index in [0.717, 1.165) is 28.9 Å². The maximum atomic E-state index is 12.4. The summed E-state index contributed by atoms with van der Waals surface area (Å²) in [4.78, 5) is 18.9. The van der Waals surface area contributed by atoms with Crippen LogP contribution in [-0.4, -0.2) is 29.8 Å². The summed E-state index contributed by atoms with van der Waals surface area (Å²) < 4.78 is 0. The number of ketones is 1. The first-order valence-corrected chi connectivity index (χ1v) is 8.59. The highest BCUT2D eigenvalue weighted by Gasteiger charge is 2.04. The smallest absolute Gasteiger partial charge is 0.185 e. The molecule has 0 radical (unpaired) electrons. The zero-order chi connectivity index (χ0) is 18.4. The number of allylic oxidation sites excluding steroid dienone is 1. The number of nitrogens with zero attached hydrogens (tertiary/aromatic N) is 2. The molecule has 0 bridgehead atoms. The molecule has 0 fully saturated rings. The summed E-state index contributed by atoms with van der Waals surface area (Å²) >= 11 is 0. The third-order valence-electron chi connectivity index (χ3n) is 4.01. The van der Waals surface area contributed by atoms with Crippen LogP contribution in [0, 0.1) is 0 Å². The van der Waals surface area contributed by atoms with Crippen molar-refractivity contribution >= 4 is 11.9 Å². The second-order valence-electron chi connectivity index (χ2n) is 6.47. The van der Waals surface area contributed by atoms with Crippen LogP contribution < -0.4 is 0 Å². The molecule has 3 nitrogen and oxygen atoms in total. The van der Waals surface area contributed by atoms with Crippen molar-refractivity contribution in [3.05, 3.63) is 95.7 Å². The molecule has 0 saturated heterocycles. The molecule has 26 heavy (non-hydrogen) atoms. The van der Waals surface area contributed by atoms with Crippen molar-refractivity contribution in [3.8, 4) is 11.3 Å². The van der Waals surface area contributed by atoms with E-state index in [1.54, 1.807) is 12.3 Å². The van der Waals surface area contributed by atoms with Gasteiger partial charge in [0.1, 0.15) is 0 Å². The third-order valence-corrected chi connectivity index (χ3v) is 4.01. The number of carbonyl (C=O) groups is 1. The molecule has 3 aromatic rings. The Morgan fingerprint density at radius 2 is 1.81 bits per heavy atom. The quantitative estimate of drug-likeness (QED) is 0.481. The van der Waals surface area contributed by atoms with E-state index in [1.807, 2.05) is 86.9 Å². The molecule has 0 aliphatic heterocycles. The number of benzene rings is 2. The fourth-order valence-electron chi connectivity index (χ4n) is 2.75. The van der Waals surface area contributed by atoms with Gasteiger partial charge in [0.15, 0.2) is 5.78 Å². The van der Waals surface area contributed by atoms with Crippen molar-refractivity contribution in [2.75, 3.05) is 14.1 Å². The van der Waals surface area contributed by atoms with Crippen LogP contribution in [-0.2, 0) is 6.54 Å². The average molecular weight is 342 g/mol. The predicted octanol–water partition coefficient (Wildman–Crippen LogP) is 4.71. The highest BCUT2D eigenvalue weighted by molar-refractivity contribution is 6.06. The second-order valence-corrected chi connectivity index (χ2v) is 6.47. The molecular formula is C23H22N2O. The Hall–Kier alpha value is -3.04. The summed E-state index contributed by atoms with van der Waals surface area (Å²) in [5.41, 5.74) is 4.84. The number of carbonyl (C=O) groups excluding carboxylic acids is 1. The minimum absolute atomic E-state index is 0.0133. The van der Waals surface area contributed by atoms with E-state index in [1.165, 1.54) is 0 Å². The molecule has 0 aliphatic carbocycles. The topological polar surface area (TPSA) is 33.2 Å². The van der Waals surface area contributed by atoms with Crippen molar-refractivity contribution in [2.24, 2.45) is 0 Å². The summed E-state index contributed by atoms with van der Waals surface area (Å²) in [5, 5.41) is 0. The molecule has 2 aromatic carbocycles. The molecule has 130 valence electrons. The van der Waals surface area contributed by atoms with Crippen LogP contribution in [0.1, 0.15) is 21.5 Å². The first kappa shape index (κ1) is 17.8. The minimum atomic E-state index is 0.0133. The van der Waals surface area contributed by atoms with Crippen LogP contribution in [0.3, 0.4) is 0 Å². The molecule has 3 rings (SSSR count). The van der Waals surface area contributed by atoms with Gasteiger partial charge < -0.3 is 4.90 Å². The first-order valence-electron chi connectivity index (χ1n) is 8.59. The van der Waals surface area contributed by atoms with Gasteiger partial charge in [-0.05, 0) is 49.5 Å². The molecule has 0 atom stereocenters. The molecule has 0 saturated carbocycles. The normalized spacial score (nSPS) is 11.2. The van der Waals surface area contributed by atoms with Crippen molar-refractivity contribution in [3.63, 3.8) is 0 Å². The van der Waals surface area contributed by atoms with Crippen molar-refractivity contribution in [1.29, 1.82) is 0 Å². The number of hydrogen-bond donors (Lipinski definition) is 0. The zero-order valence-electron chi connectivity index (χ0n) is 15.1. The van der Waals surface area contributed by atoms with E-state index >= 15 is 0 Å². The Morgan fingerprint density at radius 1 is 1.00 bits per heavy atom. The Morgan fingerprint density at radius 3 is 2.50 bits per heavy atom. The van der Waals surface area contributed by atoms with Crippen molar-refractivity contribution < 1.29 is 4.79 Å². The monoisotopic (exact) mass is 342 g/mol. The molecular weight excluding hydrogens is 320 g/mol. The van der Waals surface area contributed by atoms with Gasteiger partial charge in [0.25, 0.3) is 0 Å². The molecule has 0 amide bonds. The van der Waals surface area contributed by atoms with E-state index in [2.05, 4.69) is 9.88 Å². The molecule has 0 unspecified atom stereocenters. The third kappa shape index (κ3) is 4.74. The molecule has 0 aliphatic rings. The summed E-state index contributed by atoms with van der Waals surface area (Å²) in [6.45, 7) is 0.819. The maximum Gasteiger partial charge on any atom is 0.185 e. The molecule has 3 heteroatoms. The molecule has 1 heterocycles. The summed E-state index contributed by atoms with van der Waals surface area (Å²) in [6.07, 6.45) is 5.26. The van der Waals surface area contributed by atoms with Gasteiger partial charge in [-0.3, -0.25) is 9.78 Å². The second kappa shape index (κ2) is 8.37. The summed E-state index contributed by atoms with van der Waals surface area (Å²) in [6, 6.07) is 21.7. The van der Waals surface area contributed by atoms with Gasteiger partial charge >= 0.3 is 0 Å². The van der Waals surface area contributed by atoms with Gasteiger partial charge in [0.05, 0.1) is 5.69 Å². The van der Waals surface area contributed by atoms with E-state index in [4.69, 9.17) is 0 Å². The van der Waals surface area contributed by atoms with Gasteiger partial charge in [-0.25, -0.2) is 0 Å². The van der Waals surface area contributed by atoms with E-state index in [0.29, 0.717) is 5.56 Å². The molecule has 0 N–H and O–H groups in total. The highest BCUT2D eigenvalue weighted by atomic mass is 16.1. The Balaban J connectivity index is 1.70. The lowest BCUT2D eigenvalue weighted by atomic mass is 10.0. The van der Waals surface area contributed by atoms with Gasteiger partial charge in [-0.2, -0.15) is 0 Å². The summed E-state index contributed by atoms with van der Waals surface area (Å²) in [7, 11) is 4.03. The van der Waals surface area contributed by atoms with E-state index in [-0.39, 0.29) is 5.78 Å². The first-order chi connectivity index (χ1) is 12.6. The van der Waals surface area contributed by atoms with E-state index in [9.17, 15) is 4.79 Å². The highest BCUT2D eigenvalue weighted by Crippen LogP contribution is 2.17. The van der Waals surface area contributed by atoms with Crippen LogP contribution in [0.15, 0.2) is 79.0 Å². The number of hydrogen-bond acceptors (Lipinski definition) is 3. The van der Waals surface area contributed by atoms with E-state index < -0.39 is 0 Å². The summed E-state index contributed by atoms with van der Waals surface area (Å²) in [5.74, 6) is 0.0133. The Labute approximate surface area is 154 Å². The Bertz CT molecular complexity index is 897. The lowest BCUT2D eigenvalue weighted by Gasteiger charge is -2.09. The minimum Gasteiger partial charge on any atom is -0.305 e. The number of rotatable bonds is 6. The standard InChI is InChI=1S/C23H22N2O/c1-25(2)17-19-6-5-7-21(16-19)23(26)14-11-18-9-12-20(13-10-18)22-8-3-4-15-24-22/h3-16H,17H2,1-2H3. The average Bonchev–Trinajstić information content (AvgIpc) is 2.67.